The molecule has 1 fully saturated rings. The smallest absolute Gasteiger partial charge is 0.264 e. The Balaban J connectivity index is 1.43. The fraction of sp³-hybridized carbons (Fsp3) is 0.368. The summed E-state index contributed by atoms with van der Waals surface area (Å²) in [4.78, 5) is 23.7. The van der Waals surface area contributed by atoms with Crippen molar-refractivity contribution in [2.24, 2.45) is 7.05 Å². The molecule has 0 atom stereocenters. The van der Waals surface area contributed by atoms with Crippen LogP contribution < -0.4 is 10.5 Å². The van der Waals surface area contributed by atoms with Gasteiger partial charge in [-0.3, -0.25) is 9.36 Å². The number of anilines is 1. The van der Waals surface area contributed by atoms with Crippen LogP contribution >= 0.6 is 0 Å². The number of hydrogen-bond donors (Lipinski definition) is 0. The van der Waals surface area contributed by atoms with Gasteiger partial charge in [0.2, 0.25) is 5.95 Å². The molecule has 9 heteroatoms. The van der Waals surface area contributed by atoms with E-state index in [4.69, 9.17) is 0 Å². The van der Waals surface area contributed by atoms with E-state index in [1.165, 1.54) is 0 Å². The van der Waals surface area contributed by atoms with Crippen LogP contribution in [0, 0.1) is 6.92 Å². The van der Waals surface area contributed by atoms with Gasteiger partial charge < -0.3 is 4.90 Å². The van der Waals surface area contributed by atoms with Gasteiger partial charge in [0, 0.05) is 32.3 Å². The molecule has 1 saturated heterocycles. The Morgan fingerprint density at radius 2 is 1.93 bits per heavy atom. The van der Waals surface area contributed by atoms with Crippen LogP contribution in [0.4, 0.5) is 5.95 Å². The number of aryl methyl sites for hydroxylation is 1. The molecule has 0 saturated carbocycles. The van der Waals surface area contributed by atoms with Gasteiger partial charge in [-0.25, -0.2) is 4.98 Å². The molecule has 28 heavy (non-hydrogen) atoms. The highest BCUT2D eigenvalue weighted by molar-refractivity contribution is 5.74. The second-order valence-electron chi connectivity index (χ2n) is 7.21. The number of fused-ring (bicyclic) bond motifs is 2. The van der Waals surface area contributed by atoms with Crippen molar-refractivity contribution >= 4 is 22.6 Å². The highest BCUT2D eigenvalue weighted by Crippen LogP contribution is 2.28. The number of piperidine rings is 1. The van der Waals surface area contributed by atoms with Crippen LogP contribution in [-0.2, 0) is 7.05 Å². The standard InChI is InChI=1S/C19H20N8O/c1-12-5-6-15-22-23-17(27(15)24-12)13-7-10-26(11-8-13)19-21-16-14(4-3-9-20-16)18(28)25(19)2/h3-6,9,13H,7-8,10-11H2,1-2H3. The summed E-state index contributed by atoms with van der Waals surface area (Å²) < 4.78 is 3.46. The quantitative estimate of drug-likeness (QED) is 0.523. The van der Waals surface area contributed by atoms with Gasteiger partial charge in [-0.05, 0) is 44.0 Å². The van der Waals surface area contributed by atoms with E-state index < -0.39 is 0 Å². The van der Waals surface area contributed by atoms with Crippen LogP contribution in [0.5, 0.6) is 0 Å². The third kappa shape index (κ3) is 2.62. The number of hydrogen-bond acceptors (Lipinski definition) is 7. The molecule has 142 valence electrons. The maximum atomic E-state index is 12.6. The lowest BCUT2D eigenvalue weighted by atomic mass is 9.96. The van der Waals surface area contributed by atoms with Gasteiger partial charge in [0.05, 0.1) is 11.1 Å². The van der Waals surface area contributed by atoms with E-state index in [0.717, 1.165) is 43.1 Å². The fourth-order valence-electron chi connectivity index (χ4n) is 3.87. The van der Waals surface area contributed by atoms with E-state index in [1.807, 2.05) is 23.6 Å². The van der Waals surface area contributed by atoms with Crippen molar-refractivity contribution in [3.8, 4) is 0 Å². The minimum atomic E-state index is -0.0710. The average Bonchev–Trinajstić information content (AvgIpc) is 3.14. The summed E-state index contributed by atoms with van der Waals surface area (Å²) in [6, 6.07) is 7.40. The Labute approximate surface area is 160 Å². The van der Waals surface area contributed by atoms with Gasteiger partial charge in [0.15, 0.2) is 17.1 Å². The van der Waals surface area contributed by atoms with Crippen LogP contribution in [0.3, 0.4) is 0 Å². The molecule has 0 bridgehead atoms. The Kier molecular flexibility index (Phi) is 3.81. The summed E-state index contributed by atoms with van der Waals surface area (Å²) in [7, 11) is 1.77. The maximum absolute atomic E-state index is 12.6. The lowest BCUT2D eigenvalue weighted by molar-refractivity contribution is 0.468. The van der Waals surface area contributed by atoms with Gasteiger partial charge in [-0.1, -0.05) is 0 Å². The van der Waals surface area contributed by atoms with E-state index in [2.05, 4.69) is 30.2 Å². The first-order valence-electron chi connectivity index (χ1n) is 9.37. The van der Waals surface area contributed by atoms with E-state index in [1.54, 1.807) is 29.9 Å². The Hall–Kier alpha value is -3.36. The van der Waals surface area contributed by atoms with Crippen molar-refractivity contribution in [3.05, 3.63) is 52.3 Å². The molecule has 0 amide bonds. The molecular weight excluding hydrogens is 356 g/mol. The van der Waals surface area contributed by atoms with Gasteiger partial charge in [-0.15, -0.1) is 10.2 Å². The Morgan fingerprint density at radius 3 is 2.75 bits per heavy atom. The molecule has 4 aromatic rings. The molecular formula is C19H20N8O. The van der Waals surface area contributed by atoms with Crippen molar-refractivity contribution in [2.45, 2.75) is 25.7 Å². The zero-order valence-corrected chi connectivity index (χ0v) is 15.8. The van der Waals surface area contributed by atoms with Gasteiger partial charge >= 0.3 is 0 Å². The lowest BCUT2D eigenvalue weighted by Crippen LogP contribution is -2.38. The molecule has 0 aromatic carbocycles. The van der Waals surface area contributed by atoms with Gasteiger partial charge in [0.1, 0.15) is 0 Å². The number of rotatable bonds is 2. The second-order valence-corrected chi connectivity index (χ2v) is 7.21. The van der Waals surface area contributed by atoms with Crippen molar-refractivity contribution in [2.75, 3.05) is 18.0 Å². The Morgan fingerprint density at radius 1 is 1.11 bits per heavy atom. The molecule has 0 aliphatic carbocycles. The van der Waals surface area contributed by atoms with Crippen LogP contribution in [0.15, 0.2) is 35.3 Å². The number of pyridine rings is 1. The molecule has 5 rings (SSSR count). The molecule has 1 aliphatic rings. The van der Waals surface area contributed by atoms with Crippen LogP contribution in [-0.4, -0.2) is 47.4 Å². The first kappa shape index (κ1) is 16.8. The molecule has 0 N–H and O–H groups in total. The van der Waals surface area contributed by atoms with Crippen molar-refractivity contribution < 1.29 is 0 Å². The van der Waals surface area contributed by atoms with Crippen molar-refractivity contribution in [3.63, 3.8) is 0 Å². The molecule has 0 spiro atoms. The van der Waals surface area contributed by atoms with E-state index in [-0.39, 0.29) is 11.5 Å². The predicted octanol–water partition coefficient (Wildman–Crippen LogP) is 1.46. The molecule has 0 unspecified atom stereocenters. The van der Waals surface area contributed by atoms with E-state index in [0.29, 0.717) is 17.0 Å². The first-order chi connectivity index (χ1) is 13.6. The summed E-state index contributed by atoms with van der Waals surface area (Å²) in [6.07, 6.45) is 3.45. The number of nitrogens with zero attached hydrogens (tertiary/aromatic N) is 8. The van der Waals surface area contributed by atoms with Gasteiger partial charge in [0.25, 0.3) is 5.56 Å². The lowest BCUT2D eigenvalue weighted by Gasteiger charge is -2.32. The highest BCUT2D eigenvalue weighted by atomic mass is 16.1. The summed E-state index contributed by atoms with van der Waals surface area (Å²) in [6.45, 7) is 3.53. The molecule has 5 heterocycles. The van der Waals surface area contributed by atoms with Crippen molar-refractivity contribution in [1.82, 2.24) is 34.3 Å². The maximum Gasteiger partial charge on any atom is 0.264 e. The minimum Gasteiger partial charge on any atom is -0.342 e. The van der Waals surface area contributed by atoms with Crippen LogP contribution in [0.1, 0.15) is 30.3 Å². The topological polar surface area (TPSA) is 94.1 Å². The normalized spacial score (nSPS) is 15.6. The van der Waals surface area contributed by atoms with Crippen LogP contribution in [0.25, 0.3) is 16.7 Å². The SMILES string of the molecule is Cc1ccc2nnc(C3CCN(c4nc5ncccc5c(=O)n4C)CC3)n2n1. The monoisotopic (exact) mass is 376 g/mol. The van der Waals surface area contributed by atoms with E-state index in [9.17, 15) is 4.79 Å². The predicted molar refractivity (Wildman–Crippen MR) is 104 cm³/mol. The zero-order valence-electron chi connectivity index (χ0n) is 15.8. The third-order valence-electron chi connectivity index (χ3n) is 5.39. The second kappa shape index (κ2) is 6.36. The van der Waals surface area contributed by atoms with Crippen LogP contribution in [0.2, 0.25) is 0 Å². The summed E-state index contributed by atoms with van der Waals surface area (Å²) in [5.41, 5.74) is 2.13. The molecule has 1 aliphatic heterocycles. The minimum absolute atomic E-state index is 0.0710. The number of aromatic nitrogens is 7. The summed E-state index contributed by atoms with van der Waals surface area (Å²) in [5, 5.41) is 13.7. The third-order valence-corrected chi connectivity index (χ3v) is 5.39. The first-order valence-corrected chi connectivity index (χ1v) is 9.37. The molecule has 0 radical (unpaired) electrons. The molecule has 4 aromatic heterocycles. The molecule has 9 nitrogen and oxygen atoms in total. The summed E-state index contributed by atoms with van der Waals surface area (Å²) in [5.74, 6) is 1.84. The zero-order chi connectivity index (χ0) is 19.3. The summed E-state index contributed by atoms with van der Waals surface area (Å²) >= 11 is 0. The van der Waals surface area contributed by atoms with Crippen molar-refractivity contribution in [1.29, 1.82) is 0 Å². The largest absolute Gasteiger partial charge is 0.342 e. The fourth-order valence-corrected chi connectivity index (χ4v) is 3.87. The highest BCUT2D eigenvalue weighted by Gasteiger charge is 2.27. The van der Waals surface area contributed by atoms with E-state index >= 15 is 0 Å². The van der Waals surface area contributed by atoms with Gasteiger partial charge in [-0.2, -0.15) is 14.6 Å². The average molecular weight is 376 g/mol. The Bertz CT molecular complexity index is 1240.